The van der Waals surface area contributed by atoms with E-state index in [1.165, 1.54) is 0 Å². The number of hydrogen-bond donors (Lipinski definition) is 1. The second-order valence-corrected chi connectivity index (χ2v) is 6.69. The van der Waals surface area contributed by atoms with E-state index in [4.69, 9.17) is 5.73 Å². The Morgan fingerprint density at radius 2 is 2.06 bits per heavy atom. The van der Waals surface area contributed by atoms with Gasteiger partial charge in [0.2, 0.25) is 0 Å². The first-order valence-corrected chi connectivity index (χ1v) is 7.13. The van der Waals surface area contributed by atoms with Crippen LogP contribution in [-0.2, 0) is 13.1 Å². The summed E-state index contributed by atoms with van der Waals surface area (Å²) in [7, 11) is 0. The summed E-state index contributed by atoms with van der Waals surface area (Å²) >= 11 is 2.08. The summed E-state index contributed by atoms with van der Waals surface area (Å²) in [5, 5.41) is 1.45. The van der Waals surface area contributed by atoms with Gasteiger partial charge in [0.05, 0.1) is 5.69 Å². The first-order valence-electron chi connectivity index (χ1n) is 6.19. The SMILES string of the molecule is CC1CN(Cc2ccc(CN)cn2)CC(C)S1. The third-order valence-corrected chi connectivity index (χ3v) is 4.23. The van der Waals surface area contributed by atoms with Crippen LogP contribution in [0, 0.1) is 0 Å². The van der Waals surface area contributed by atoms with E-state index in [2.05, 4.69) is 47.6 Å². The van der Waals surface area contributed by atoms with Crippen LogP contribution in [0.4, 0.5) is 0 Å². The largest absolute Gasteiger partial charge is 0.326 e. The lowest BCUT2D eigenvalue weighted by Crippen LogP contribution is -2.39. The van der Waals surface area contributed by atoms with Crippen molar-refractivity contribution < 1.29 is 0 Å². The fraction of sp³-hybridized carbons (Fsp3) is 0.615. The van der Waals surface area contributed by atoms with Crippen molar-refractivity contribution in [2.24, 2.45) is 5.73 Å². The lowest BCUT2D eigenvalue weighted by molar-refractivity contribution is 0.260. The van der Waals surface area contributed by atoms with E-state index in [-0.39, 0.29) is 0 Å². The maximum Gasteiger partial charge on any atom is 0.0544 e. The average molecular weight is 251 g/mol. The van der Waals surface area contributed by atoms with Gasteiger partial charge in [-0.25, -0.2) is 0 Å². The molecule has 0 saturated carbocycles. The number of nitrogens with zero attached hydrogens (tertiary/aromatic N) is 2. The first kappa shape index (κ1) is 12.9. The Kier molecular flexibility index (Phi) is 4.42. The predicted molar refractivity (Wildman–Crippen MR) is 73.9 cm³/mol. The minimum atomic E-state index is 0.571. The fourth-order valence-corrected chi connectivity index (χ4v) is 3.70. The van der Waals surface area contributed by atoms with Crippen LogP contribution < -0.4 is 5.73 Å². The highest BCUT2D eigenvalue weighted by atomic mass is 32.2. The molecular weight excluding hydrogens is 230 g/mol. The van der Waals surface area contributed by atoms with Gasteiger partial charge in [-0.1, -0.05) is 19.9 Å². The van der Waals surface area contributed by atoms with Gasteiger partial charge >= 0.3 is 0 Å². The van der Waals surface area contributed by atoms with Gasteiger partial charge in [-0.2, -0.15) is 11.8 Å². The molecule has 1 saturated heterocycles. The van der Waals surface area contributed by atoms with E-state index in [0.717, 1.165) is 41.4 Å². The molecule has 0 spiro atoms. The average Bonchev–Trinajstić information content (AvgIpc) is 2.28. The van der Waals surface area contributed by atoms with Crippen LogP contribution in [0.15, 0.2) is 18.3 Å². The number of nitrogens with two attached hydrogens (primary N) is 1. The Morgan fingerprint density at radius 3 is 2.59 bits per heavy atom. The van der Waals surface area contributed by atoms with Gasteiger partial charge in [0.25, 0.3) is 0 Å². The van der Waals surface area contributed by atoms with Crippen LogP contribution in [0.1, 0.15) is 25.1 Å². The van der Waals surface area contributed by atoms with Crippen molar-refractivity contribution in [3.8, 4) is 0 Å². The van der Waals surface area contributed by atoms with Crippen molar-refractivity contribution in [3.63, 3.8) is 0 Å². The van der Waals surface area contributed by atoms with E-state index in [9.17, 15) is 0 Å². The van der Waals surface area contributed by atoms with Gasteiger partial charge in [-0.05, 0) is 11.6 Å². The Balaban J connectivity index is 1.95. The summed E-state index contributed by atoms with van der Waals surface area (Å²) < 4.78 is 0. The van der Waals surface area contributed by atoms with Crippen LogP contribution in [0.25, 0.3) is 0 Å². The van der Waals surface area contributed by atoms with E-state index in [1.54, 1.807) is 0 Å². The van der Waals surface area contributed by atoms with Gasteiger partial charge in [0.15, 0.2) is 0 Å². The highest BCUT2D eigenvalue weighted by Crippen LogP contribution is 2.25. The van der Waals surface area contributed by atoms with Gasteiger partial charge in [0, 0.05) is 42.9 Å². The highest BCUT2D eigenvalue weighted by molar-refractivity contribution is 8.00. The molecule has 2 heterocycles. The Hall–Kier alpha value is -0.580. The Labute approximate surface area is 108 Å². The highest BCUT2D eigenvalue weighted by Gasteiger charge is 2.22. The van der Waals surface area contributed by atoms with Crippen molar-refractivity contribution in [3.05, 3.63) is 29.6 Å². The zero-order valence-corrected chi connectivity index (χ0v) is 11.4. The summed E-state index contributed by atoms with van der Waals surface area (Å²) in [6.45, 7) is 8.46. The lowest BCUT2D eigenvalue weighted by atomic mass is 10.2. The molecule has 2 N–H and O–H groups in total. The van der Waals surface area contributed by atoms with Gasteiger partial charge in [0.1, 0.15) is 0 Å². The maximum absolute atomic E-state index is 5.57. The van der Waals surface area contributed by atoms with Crippen molar-refractivity contribution >= 4 is 11.8 Å². The summed E-state index contributed by atoms with van der Waals surface area (Å²) in [6, 6.07) is 4.17. The van der Waals surface area contributed by atoms with E-state index < -0.39 is 0 Å². The molecule has 94 valence electrons. The van der Waals surface area contributed by atoms with Crippen LogP contribution in [0.2, 0.25) is 0 Å². The molecule has 0 radical (unpaired) electrons. The molecule has 1 fully saturated rings. The van der Waals surface area contributed by atoms with Crippen molar-refractivity contribution in [2.45, 2.75) is 37.4 Å². The number of pyridine rings is 1. The second kappa shape index (κ2) is 5.85. The second-order valence-electron chi connectivity index (χ2n) is 4.81. The molecule has 17 heavy (non-hydrogen) atoms. The Morgan fingerprint density at radius 1 is 1.35 bits per heavy atom. The molecule has 0 aliphatic carbocycles. The van der Waals surface area contributed by atoms with Gasteiger partial charge in [-0.3, -0.25) is 9.88 Å². The van der Waals surface area contributed by atoms with Gasteiger partial charge in [-0.15, -0.1) is 0 Å². The molecule has 4 heteroatoms. The summed E-state index contributed by atoms with van der Waals surface area (Å²) in [5.41, 5.74) is 7.82. The lowest BCUT2D eigenvalue weighted by Gasteiger charge is -2.34. The third kappa shape index (κ3) is 3.69. The quantitative estimate of drug-likeness (QED) is 0.890. The molecule has 3 nitrogen and oxygen atoms in total. The smallest absolute Gasteiger partial charge is 0.0544 e. The van der Waals surface area contributed by atoms with Crippen LogP contribution in [0.3, 0.4) is 0 Å². The predicted octanol–water partition coefficient (Wildman–Crippen LogP) is 1.87. The minimum absolute atomic E-state index is 0.571. The van der Waals surface area contributed by atoms with E-state index >= 15 is 0 Å². The standard InChI is InChI=1S/C13H21N3S/c1-10-7-16(8-11(2)17-10)9-13-4-3-12(5-14)6-15-13/h3-4,6,10-11H,5,7-9,14H2,1-2H3. The number of thioether (sulfide) groups is 1. The molecule has 1 aliphatic rings. The van der Waals surface area contributed by atoms with Crippen LogP contribution >= 0.6 is 11.8 Å². The van der Waals surface area contributed by atoms with Crippen LogP contribution in [-0.4, -0.2) is 33.5 Å². The number of aromatic nitrogens is 1. The van der Waals surface area contributed by atoms with Gasteiger partial charge < -0.3 is 5.73 Å². The summed E-state index contributed by atoms with van der Waals surface area (Å²) in [6.07, 6.45) is 1.89. The zero-order valence-electron chi connectivity index (χ0n) is 10.6. The molecule has 1 aromatic heterocycles. The molecule has 0 bridgehead atoms. The van der Waals surface area contributed by atoms with E-state index in [1.807, 2.05) is 6.20 Å². The molecule has 0 aromatic carbocycles. The monoisotopic (exact) mass is 251 g/mol. The van der Waals surface area contributed by atoms with E-state index in [0.29, 0.717) is 6.54 Å². The molecule has 0 amide bonds. The minimum Gasteiger partial charge on any atom is -0.326 e. The third-order valence-electron chi connectivity index (χ3n) is 3.00. The first-order chi connectivity index (χ1) is 8.17. The maximum atomic E-state index is 5.57. The molecule has 2 unspecified atom stereocenters. The number of rotatable bonds is 3. The normalized spacial score (nSPS) is 26.1. The Bertz CT molecular complexity index is 342. The summed E-state index contributed by atoms with van der Waals surface area (Å²) in [4.78, 5) is 6.96. The molecule has 1 aliphatic heterocycles. The molecular formula is C13H21N3S. The van der Waals surface area contributed by atoms with Crippen molar-refractivity contribution in [1.29, 1.82) is 0 Å². The molecule has 1 aromatic rings. The van der Waals surface area contributed by atoms with Crippen molar-refractivity contribution in [2.75, 3.05) is 13.1 Å². The zero-order chi connectivity index (χ0) is 12.3. The fourth-order valence-electron chi connectivity index (χ4n) is 2.31. The summed E-state index contributed by atoms with van der Waals surface area (Å²) in [5.74, 6) is 0. The number of hydrogen-bond acceptors (Lipinski definition) is 4. The van der Waals surface area contributed by atoms with Crippen molar-refractivity contribution in [1.82, 2.24) is 9.88 Å². The molecule has 2 atom stereocenters. The molecule has 2 rings (SSSR count). The van der Waals surface area contributed by atoms with Crippen LogP contribution in [0.5, 0.6) is 0 Å². The topological polar surface area (TPSA) is 42.1 Å².